The molecule has 2 aliphatic rings. The molecule has 0 aromatic rings. The Balaban J connectivity index is 1.62. The molecule has 2 aliphatic heterocycles. The monoisotopic (exact) mass is 243 g/mol. The van der Waals surface area contributed by atoms with E-state index in [2.05, 4.69) is 0 Å². The van der Waals surface area contributed by atoms with Gasteiger partial charge in [0.2, 0.25) is 0 Å². The quantitative estimate of drug-likeness (QED) is 0.822. The molecular weight excluding hydrogens is 222 g/mol. The molecule has 2 fully saturated rings. The summed E-state index contributed by atoms with van der Waals surface area (Å²) in [7, 11) is 0. The van der Waals surface area contributed by atoms with Crippen molar-refractivity contribution in [1.82, 2.24) is 4.90 Å². The normalized spacial score (nSPS) is 27.1. The first-order chi connectivity index (χ1) is 8.25. The molecule has 5 nitrogen and oxygen atoms in total. The van der Waals surface area contributed by atoms with E-state index in [1.54, 1.807) is 0 Å². The summed E-state index contributed by atoms with van der Waals surface area (Å²) in [5.74, 6) is 0.483. The molecule has 0 spiro atoms. The predicted molar refractivity (Wildman–Crippen MR) is 61.9 cm³/mol. The van der Waals surface area contributed by atoms with E-state index in [1.165, 1.54) is 11.3 Å². The van der Waals surface area contributed by atoms with Crippen LogP contribution in [0.2, 0.25) is 0 Å². The summed E-state index contributed by atoms with van der Waals surface area (Å²) < 4.78 is 11.2. The first-order valence-corrected chi connectivity index (χ1v) is 6.47. The lowest BCUT2D eigenvalue weighted by molar-refractivity contribution is -0.170. The molecule has 17 heavy (non-hydrogen) atoms. The highest BCUT2D eigenvalue weighted by atomic mass is 16.7. The molecule has 1 amide bonds. The van der Waals surface area contributed by atoms with Gasteiger partial charge in [0.15, 0.2) is 6.29 Å². The molecule has 0 aromatic heterocycles. The number of likely N-dealkylation sites (tertiary alicyclic amines) is 1. The highest BCUT2D eigenvalue weighted by Crippen LogP contribution is 2.20. The lowest BCUT2D eigenvalue weighted by Gasteiger charge is -2.31. The van der Waals surface area contributed by atoms with Crippen molar-refractivity contribution in [1.29, 1.82) is 0 Å². The number of amides is 1. The Hall–Kier alpha value is -0.810. The van der Waals surface area contributed by atoms with Gasteiger partial charge in [-0.15, -0.1) is 0 Å². The Kier molecular flexibility index (Phi) is 4.62. The number of nitrogens with zero attached hydrogens (tertiary/aromatic N) is 1. The average molecular weight is 243 g/mol. The van der Waals surface area contributed by atoms with Gasteiger partial charge in [-0.25, -0.2) is 4.79 Å². The van der Waals surface area contributed by atoms with Gasteiger partial charge in [0.1, 0.15) is 0 Å². The largest absolute Gasteiger partial charge is 0.465 e. The summed E-state index contributed by atoms with van der Waals surface area (Å²) in [6, 6.07) is 0. The SMILES string of the molecule is O=C(O)N1CCC(COC2CCCCO2)CC1. The van der Waals surface area contributed by atoms with Crippen molar-refractivity contribution in [3.8, 4) is 0 Å². The third-order valence-corrected chi connectivity index (χ3v) is 3.54. The Bertz CT molecular complexity index is 245. The van der Waals surface area contributed by atoms with E-state index in [0.29, 0.717) is 25.6 Å². The molecular formula is C12H21NO4. The van der Waals surface area contributed by atoms with Gasteiger partial charge in [-0.2, -0.15) is 0 Å². The third-order valence-electron chi connectivity index (χ3n) is 3.54. The van der Waals surface area contributed by atoms with Gasteiger partial charge in [-0.05, 0) is 38.0 Å². The van der Waals surface area contributed by atoms with Crippen molar-refractivity contribution >= 4 is 6.09 Å². The van der Waals surface area contributed by atoms with E-state index in [1.807, 2.05) is 0 Å². The van der Waals surface area contributed by atoms with Crippen LogP contribution in [0.5, 0.6) is 0 Å². The van der Waals surface area contributed by atoms with Crippen molar-refractivity contribution in [2.75, 3.05) is 26.3 Å². The number of hydrogen-bond acceptors (Lipinski definition) is 3. The third kappa shape index (κ3) is 3.85. The van der Waals surface area contributed by atoms with Gasteiger partial charge in [0, 0.05) is 19.7 Å². The van der Waals surface area contributed by atoms with Crippen LogP contribution in [0.25, 0.3) is 0 Å². The molecule has 0 radical (unpaired) electrons. The molecule has 0 saturated carbocycles. The molecule has 2 rings (SSSR count). The minimum atomic E-state index is -0.806. The van der Waals surface area contributed by atoms with Crippen LogP contribution in [0, 0.1) is 5.92 Å². The Morgan fingerprint density at radius 1 is 1.29 bits per heavy atom. The second-order valence-electron chi connectivity index (χ2n) is 4.84. The zero-order valence-electron chi connectivity index (χ0n) is 10.1. The van der Waals surface area contributed by atoms with Gasteiger partial charge in [0.25, 0.3) is 0 Å². The van der Waals surface area contributed by atoms with Gasteiger partial charge in [0.05, 0.1) is 6.61 Å². The van der Waals surface area contributed by atoms with Crippen LogP contribution in [0.1, 0.15) is 32.1 Å². The predicted octanol–water partition coefficient (Wildman–Crippen LogP) is 1.92. The molecule has 5 heteroatoms. The first kappa shape index (κ1) is 12.6. The van der Waals surface area contributed by atoms with Gasteiger partial charge < -0.3 is 19.5 Å². The lowest BCUT2D eigenvalue weighted by atomic mass is 9.98. The van der Waals surface area contributed by atoms with E-state index in [0.717, 1.165) is 32.3 Å². The highest BCUT2D eigenvalue weighted by molar-refractivity contribution is 5.64. The highest BCUT2D eigenvalue weighted by Gasteiger charge is 2.23. The fourth-order valence-electron chi connectivity index (χ4n) is 2.38. The summed E-state index contributed by atoms with van der Waals surface area (Å²) in [5, 5.41) is 8.83. The smallest absolute Gasteiger partial charge is 0.407 e. The maximum Gasteiger partial charge on any atom is 0.407 e. The Morgan fingerprint density at radius 3 is 2.65 bits per heavy atom. The second-order valence-corrected chi connectivity index (χ2v) is 4.84. The molecule has 1 atom stereocenters. The molecule has 0 aromatic carbocycles. The molecule has 2 saturated heterocycles. The molecule has 98 valence electrons. The van der Waals surface area contributed by atoms with Gasteiger partial charge in [-0.3, -0.25) is 0 Å². The van der Waals surface area contributed by atoms with Crippen molar-refractivity contribution in [2.24, 2.45) is 5.92 Å². The molecule has 2 heterocycles. The summed E-state index contributed by atoms with van der Waals surface area (Å²) in [4.78, 5) is 12.2. The van der Waals surface area contributed by atoms with Crippen LogP contribution in [0.15, 0.2) is 0 Å². The number of hydrogen-bond donors (Lipinski definition) is 1. The van der Waals surface area contributed by atoms with E-state index in [4.69, 9.17) is 14.6 Å². The zero-order chi connectivity index (χ0) is 12.1. The molecule has 1 N–H and O–H groups in total. The minimum absolute atomic E-state index is 0.0266. The van der Waals surface area contributed by atoms with Crippen LogP contribution in [0.4, 0.5) is 4.79 Å². The van der Waals surface area contributed by atoms with Crippen molar-refractivity contribution in [3.05, 3.63) is 0 Å². The lowest BCUT2D eigenvalue weighted by Crippen LogP contribution is -2.39. The fraction of sp³-hybridized carbons (Fsp3) is 0.917. The average Bonchev–Trinajstić information content (AvgIpc) is 2.38. The summed E-state index contributed by atoms with van der Waals surface area (Å²) in [6.45, 7) is 2.78. The van der Waals surface area contributed by atoms with Crippen LogP contribution < -0.4 is 0 Å². The van der Waals surface area contributed by atoms with Gasteiger partial charge in [-0.1, -0.05) is 0 Å². The first-order valence-electron chi connectivity index (χ1n) is 6.47. The van der Waals surface area contributed by atoms with Crippen molar-refractivity contribution in [3.63, 3.8) is 0 Å². The maximum absolute atomic E-state index is 10.7. The van der Waals surface area contributed by atoms with Crippen LogP contribution in [0.3, 0.4) is 0 Å². The van der Waals surface area contributed by atoms with E-state index in [9.17, 15) is 4.79 Å². The fourth-order valence-corrected chi connectivity index (χ4v) is 2.38. The Morgan fingerprint density at radius 2 is 2.06 bits per heavy atom. The number of ether oxygens (including phenoxy) is 2. The number of piperidine rings is 1. The summed E-state index contributed by atoms with van der Waals surface area (Å²) in [6.07, 6.45) is 4.28. The number of rotatable bonds is 3. The van der Waals surface area contributed by atoms with Crippen molar-refractivity contribution in [2.45, 2.75) is 38.4 Å². The van der Waals surface area contributed by atoms with Crippen molar-refractivity contribution < 1.29 is 19.4 Å². The summed E-state index contributed by atoms with van der Waals surface area (Å²) >= 11 is 0. The van der Waals surface area contributed by atoms with Crippen LogP contribution >= 0.6 is 0 Å². The number of carboxylic acid groups (broad SMARTS) is 1. The van der Waals surface area contributed by atoms with Crippen LogP contribution in [-0.4, -0.2) is 48.7 Å². The standard InChI is InChI=1S/C12H21NO4/c14-12(15)13-6-4-10(5-7-13)9-17-11-3-1-2-8-16-11/h10-11H,1-9H2,(H,14,15). The molecule has 1 unspecified atom stereocenters. The molecule has 0 aliphatic carbocycles. The van der Waals surface area contributed by atoms with E-state index < -0.39 is 6.09 Å². The molecule has 0 bridgehead atoms. The minimum Gasteiger partial charge on any atom is -0.465 e. The Labute approximate surface area is 102 Å². The van der Waals surface area contributed by atoms with Crippen LogP contribution in [-0.2, 0) is 9.47 Å². The second kappa shape index (κ2) is 6.21. The van der Waals surface area contributed by atoms with E-state index in [-0.39, 0.29) is 6.29 Å². The zero-order valence-corrected chi connectivity index (χ0v) is 10.1. The summed E-state index contributed by atoms with van der Waals surface area (Å²) in [5.41, 5.74) is 0. The maximum atomic E-state index is 10.7. The van der Waals surface area contributed by atoms with Gasteiger partial charge >= 0.3 is 6.09 Å². The number of carbonyl (C=O) groups is 1. The topological polar surface area (TPSA) is 59.0 Å². The van der Waals surface area contributed by atoms with E-state index >= 15 is 0 Å².